The molecule has 0 saturated carbocycles. The van der Waals surface area contributed by atoms with Crippen LogP contribution in [-0.4, -0.2) is 5.78 Å². The molecule has 2 heteroatoms. The van der Waals surface area contributed by atoms with Gasteiger partial charge in [-0.3, -0.25) is 4.79 Å². The third kappa shape index (κ3) is 2.54. The van der Waals surface area contributed by atoms with E-state index in [4.69, 9.17) is 0 Å². The molecule has 1 aromatic heterocycles. The molecule has 16 heavy (non-hydrogen) atoms. The highest BCUT2D eigenvalue weighted by Gasteiger charge is 2.18. The van der Waals surface area contributed by atoms with Gasteiger partial charge in [0, 0.05) is 11.3 Å². The third-order valence-corrected chi connectivity index (χ3v) is 4.78. The van der Waals surface area contributed by atoms with Gasteiger partial charge >= 0.3 is 0 Å². The summed E-state index contributed by atoms with van der Waals surface area (Å²) >= 11 is 1.75. The molecule has 0 spiro atoms. The number of hydrogen-bond acceptors (Lipinski definition) is 2. The van der Waals surface area contributed by atoms with Crippen LogP contribution >= 0.6 is 11.3 Å². The van der Waals surface area contributed by atoms with Gasteiger partial charge in [-0.15, -0.1) is 11.3 Å². The minimum Gasteiger partial charge on any atom is -0.293 e. The summed E-state index contributed by atoms with van der Waals surface area (Å²) in [4.78, 5) is 14.5. The fourth-order valence-corrected chi connectivity index (χ4v) is 3.39. The van der Waals surface area contributed by atoms with E-state index in [9.17, 15) is 4.79 Å². The van der Waals surface area contributed by atoms with Crippen LogP contribution < -0.4 is 0 Å². The third-order valence-electron chi connectivity index (χ3n) is 3.50. The van der Waals surface area contributed by atoms with E-state index in [0.717, 1.165) is 17.7 Å². The number of thiophene rings is 1. The van der Waals surface area contributed by atoms with E-state index < -0.39 is 0 Å². The number of ketones is 1. The monoisotopic (exact) mass is 236 g/mol. The Labute approximate surface area is 102 Å². The van der Waals surface area contributed by atoms with E-state index >= 15 is 0 Å². The maximum Gasteiger partial charge on any atom is 0.173 e. The first-order valence-corrected chi connectivity index (χ1v) is 7.17. The van der Waals surface area contributed by atoms with Crippen LogP contribution in [0, 0.1) is 5.92 Å². The average molecular weight is 236 g/mol. The second-order valence-electron chi connectivity index (χ2n) is 4.91. The standard InChI is InChI=1S/C14H20OS/c1-3-10(2)8-12(15)14-9-11-6-4-5-7-13(11)16-14/h9-10H,3-8H2,1-2H3. The van der Waals surface area contributed by atoms with Gasteiger partial charge in [0.15, 0.2) is 5.78 Å². The number of carbonyl (C=O) groups is 1. The SMILES string of the molecule is CCC(C)CC(=O)c1cc2c(s1)CCCC2. The maximum atomic E-state index is 12.0. The zero-order chi connectivity index (χ0) is 11.5. The van der Waals surface area contributed by atoms with Gasteiger partial charge in [0.1, 0.15) is 0 Å². The molecule has 0 amide bonds. The van der Waals surface area contributed by atoms with Crippen molar-refractivity contribution in [3.8, 4) is 0 Å². The fourth-order valence-electron chi connectivity index (χ4n) is 2.19. The zero-order valence-corrected chi connectivity index (χ0v) is 11.0. The first kappa shape index (κ1) is 11.8. The predicted molar refractivity (Wildman–Crippen MR) is 69.4 cm³/mol. The number of hydrogen-bond donors (Lipinski definition) is 0. The van der Waals surface area contributed by atoms with Gasteiger partial charge in [0.25, 0.3) is 0 Å². The predicted octanol–water partition coefficient (Wildman–Crippen LogP) is 4.25. The number of aryl methyl sites for hydroxylation is 2. The van der Waals surface area contributed by atoms with Gasteiger partial charge in [-0.2, -0.15) is 0 Å². The topological polar surface area (TPSA) is 17.1 Å². The Kier molecular flexibility index (Phi) is 3.80. The first-order chi connectivity index (χ1) is 7.70. The Bertz CT molecular complexity index is 355. The van der Waals surface area contributed by atoms with Gasteiger partial charge in [-0.05, 0) is 43.2 Å². The van der Waals surface area contributed by atoms with Crippen LogP contribution in [0.2, 0.25) is 0 Å². The number of Topliss-reactive ketones (excluding diaryl/α,β-unsaturated/α-hetero) is 1. The Hall–Kier alpha value is -0.630. The second kappa shape index (κ2) is 5.13. The molecule has 1 heterocycles. The van der Waals surface area contributed by atoms with E-state index in [1.54, 1.807) is 11.3 Å². The Morgan fingerprint density at radius 2 is 2.19 bits per heavy atom. The van der Waals surface area contributed by atoms with Crippen LogP contribution in [0.1, 0.15) is 59.6 Å². The van der Waals surface area contributed by atoms with Gasteiger partial charge in [0.2, 0.25) is 0 Å². The molecule has 0 bridgehead atoms. The number of carbonyl (C=O) groups excluding carboxylic acids is 1. The van der Waals surface area contributed by atoms with Crippen molar-refractivity contribution in [3.63, 3.8) is 0 Å². The van der Waals surface area contributed by atoms with Gasteiger partial charge in [-0.1, -0.05) is 20.3 Å². The molecule has 1 atom stereocenters. The van der Waals surface area contributed by atoms with Gasteiger partial charge in [0.05, 0.1) is 4.88 Å². The van der Waals surface area contributed by atoms with E-state index in [-0.39, 0.29) is 0 Å². The zero-order valence-electron chi connectivity index (χ0n) is 10.2. The Balaban J connectivity index is 2.09. The fraction of sp³-hybridized carbons (Fsp3) is 0.643. The molecule has 0 aliphatic heterocycles. The summed E-state index contributed by atoms with van der Waals surface area (Å²) in [5.41, 5.74) is 1.45. The van der Waals surface area contributed by atoms with E-state index in [1.807, 2.05) is 0 Å². The van der Waals surface area contributed by atoms with Crippen molar-refractivity contribution in [2.45, 2.75) is 52.4 Å². The lowest BCUT2D eigenvalue weighted by Gasteiger charge is -2.08. The van der Waals surface area contributed by atoms with Crippen molar-refractivity contribution in [2.75, 3.05) is 0 Å². The molecular weight excluding hydrogens is 216 g/mol. The smallest absolute Gasteiger partial charge is 0.173 e. The Morgan fingerprint density at radius 1 is 1.44 bits per heavy atom. The van der Waals surface area contributed by atoms with Crippen LogP contribution in [0.3, 0.4) is 0 Å². The molecular formula is C14H20OS. The van der Waals surface area contributed by atoms with Crippen LogP contribution in [-0.2, 0) is 12.8 Å². The molecule has 0 N–H and O–H groups in total. The van der Waals surface area contributed by atoms with Crippen molar-refractivity contribution < 1.29 is 4.79 Å². The lowest BCUT2D eigenvalue weighted by molar-refractivity contribution is 0.0967. The highest BCUT2D eigenvalue weighted by molar-refractivity contribution is 7.14. The van der Waals surface area contributed by atoms with Crippen LogP contribution in [0.25, 0.3) is 0 Å². The van der Waals surface area contributed by atoms with Crippen molar-refractivity contribution >= 4 is 17.1 Å². The Morgan fingerprint density at radius 3 is 2.88 bits per heavy atom. The number of fused-ring (bicyclic) bond motifs is 1. The highest BCUT2D eigenvalue weighted by Crippen LogP contribution is 2.30. The van der Waals surface area contributed by atoms with Crippen molar-refractivity contribution in [1.29, 1.82) is 0 Å². The molecule has 0 fully saturated rings. The summed E-state index contributed by atoms with van der Waals surface area (Å²) in [6.07, 6.45) is 6.78. The van der Waals surface area contributed by atoms with Crippen molar-refractivity contribution in [2.24, 2.45) is 5.92 Å². The number of rotatable bonds is 4. The molecule has 1 aliphatic rings. The van der Waals surface area contributed by atoms with E-state index in [0.29, 0.717) is 11.7 Å². The molecule has 0 radical (unpaired) electrons. The molecule has 0 saturated heterocycles. The summed E-state index contributed by atoms with van der Waals surface area (Å²) in [6, 6.07) is 2.16. The van der Waals surface area contributed by atoms with Crippen LogP contribution in [0.15, 0.2) is 6.07 Å². The molecule has 1 unspecified atom stereocenters. The van der Waals surface area contributed by atoms with Crippen LogP contribution in [0.5, 0.6) is 0 Å². The summed E-state index contributed by atoms with van der Waals surface area (Å²) in [7, 11) is 0. The average Bonchev–Trinajstić information content (AvgIpc) is 2.72. The van der Waals surface area contributed by atoms with E-state index in [2.05, 4.69) is 19.9 Å². The molecule has 2 rings (SSSR count). The van der Waals surface area contributed by atoms with Crippen LogP contribution in [0.4, 0.5) is 0 Å². The van der Waals surface area contributed by atoms with E-state index in [1.165, 1.54) is 36.1 Å². The summed E-state index contributed by atoms with van der Waals surface area (Å²) in [5.74, 6) is 0.875. The van der Waals surface area contributed by atoms with Gasteiger partial charge < -0.3 is 0 Å². The second-order valence-corrected chi connectivity index (χ2v) is 6.04. The molecule has 1 aliphatic carbocycles. The summed E-state index contributed by atoms with van der Waals surface area (Å²) < 4.78 is 0. The minimum absolute atomic E-state index is 0.355. The largest absolute Gasteiger partial charge is 0.293 e. The maximum absolute atomic E-state index is 12.0. The molecule has 88 valence electrons. The summed E-state index contributed by atoms with van der Waals surface area (Å²) in [5, 5.41) is 0. The van der Waals surface area contributed by atoms with Crippen molar-refractivity contribution in [1.82, 2.24) is 0 Å². The molecule has 0 aromatic carbocycles. The first-order valence-electron chi connectivity index (χ1n) is 6.35. The quantitative estimate of drug-likeness (QED) is 0.714. The lowest BCUT2D eigenvalue weighted by atomic mass is 9.97. The van der Waals surface area contributed by atoms with Crippen molar-refractivity contribution in [3.05, 3.63) is 21.4 Å². The normalized spacial score (nSPS) is 16.9. The minimum atomic E-state index is 0.355. The highest BCUT2D eigenvalue weighted by atomic mass is 32.1. The summed E-state index contributed by atoms with van der Waals surface area (Å²) in [6.45, 7) is 4.31. The molecule has 1 nitrogen and oxygen atoms in total. The molecule has 1 aromatic rings. The lowest BCUT2D eigenvalue weighted by Crippen LogP contribution is -2.03. The van der Waals surface area contributed by atoms with Gasteiger partial charge in [-0.25, -0.2) is 0 Å².